The van der Waals surface area contributed by atoms with E-state index in [2.05, 4.69) is 9.97 Å². The van der Waals surface area contributed by atoms with Gasteiger partial charge < -0.3 is 5.11 Å². The molecule has 17 heavy (non-hydrogen) atoms. The number of rotatable bonds is 3. The van der Waals surface area contributed by atoms with Gasteiger partial charge in [0, 0.05) is 17.3 Å². The number of aliphatic hydroxyl groups is 1. The van der Waals surface area contributed by atoms with Crippen LogP contribution in [0.25, 0.3) is 0 Å². The Morgan fingerprint density at radius 3 is 2.82 bits per heavy atom. The van der Waals surface area contributed by atoms with Gasteiger partial charge in [0.1, 0.15) is 10.8 Å². The molecule has 5 heteroatoms. The third-order valence-corrected chi connectivity index (χ3v) is 3.19. The van der Waals surface area contributed by atoms with Crippen LogP contribution in [0.3, 0.4) is 0 Å². The van der Waals surface area contributed by atoms with Crippen LogP contribution in [0, 0.1) is 5.82 Å². The fourth-order valence-electron chi connectivity index (χ4n) is 1.39. The summed E-state index contributed by atoms with van der Waals surface area (Å²) in [5.74, 6) is -0.357. The van der Waals surface area contributed by atoms with Gasteiger partial charge >= 0.3 is 0 Å². The lowest BCUT2D eigenvalue weighted by Gasteiger charge is -2.10. The maximum absolute atomic E-state index is 13.1. The molecule has 2 rings (SSSR count). The Morgan fingerprint density at radius 1 is 1.35 bits per heavy atom. The highest BCUT2D eigenvalue weighted by Crippen LogP contribution is 2.32. The van der Waals surface area contributed by atoms with Crippen LogP contribution in [-0.4, -0.2) is 15.1 Å². The summed E-state index contributed by atoms with van der Waals surface area (Å²) in [7, 11) is 0. The van der Waals surface area contributed by atoms with Crippen molar-refractivity contribution in [2.24, 2.45) is 0 Å². The molecule has 0 radical (unpaired) electrons. The molecule has 1 N–H and O–H groups in total. The first-order valence-electron chi connectivity index (χ1n) is 5.08. The Bertz CT molecular complexity index is 505. The second-order valence-electron chi connectivity index (χ2n) is 3.50. The van der Waals surface area contributed by atoms with Crippen LogP contribution in [0.15, 0.2) is 46.7 Å². The Balaban J connectivity index is 2.33. The van der Waals surface area contributed by atoms with Crippen molar-refractivity contribution in [1.29, 1.82) is 0 Å². The van der Waals surface area contributed by atoms with Gasteiger partial charge in [0.05, 0.1) is 12.3 Å². The summed E-state index contributed by atoms with van der Waals surface area (Å²) in [6.07, 6.45) is 4.09. The zero-order chi connectivity index (χ0) is 12.3. The molecule has 1 aromatic heterocycles. The summed E-state index contributed by atoms with van der Waals surface area (Å²) in [5, 5.41) is 10.3. The number of hydrogen-bond acceptors (Lipinski definition) is 4. The molecule has 0 aliphatic heterocycles. The van der Waals surface area contributed by atoms with Gasteiger partial charge in [-0.2, -0.15) is 0 Å². The number of aliphatic hydroxyl groups excluding tert-OH is 1. The lowest BCUT2D eigenvalue weighted by Crippen LogP contribution is -1.95. The Hall–Kier alpha value is -1.46. The highest BCUT2D eigenvalue weighted by molar-refractivity contribution is 7.99. The third-order valence-electron chi connectivity index (χ3n) is 2.18. The molecule has 0 fully saturated rings. The van der Waals surface area contributed by atoms with Crippen LogP contribution in [-0.2, 0) is 0 Å². The largest absolute Gasteiger partial charge is 0.389 e. The number of aromatic nitrogens is 2. The van der Waals surface area contributed by atoms with E-state index in [1.165, 1.54) is 23.9 Å². The molecule has 0 saturated heterocycles. The van der Waals surface area contributed by atoms with E-state index < -0.39 is 6.10 Å². The Labute approximate surface area is 103 Å². The lowest BCUT2D eigenvalue weighted by atomic mass is 10.1. The summed E-state index contributed by atoms with van der Waals surface area (Å²) in [6.45, 7) is 1.61. The molecule has 2 aromatic rings. The molecular weight excluding hydrogens is 239 g/mol. The summed E-state index contributed by atoms with van der Waals surface area (Å²) >= 11 is 1.35. The minimum atomic E-state index is -0.718. The van der Waals surface area contributed by atoms with Crippen LogP contribution in [0.4, 0.5) is 4.39 Å². The molecule has 88 valence electrons. The first-order valence-corrected chi connectivity index (χ1v) is 5.90. The maximum Gasteiger partial charge on any atom is 0.123 e. The van der Waals surface area contributed by atoms with Crippen molar-refractivity contribution in [1.82, 2.24) is 9.97 Å². The zero-order valence-electron chi connectivity index (χ0n) is 9.17. The van der Waals surface area contributed by atoms with Crippen molar-refractivity contribution in [3.05, 3.63) is 48.2 Å². The highest BCUT2D eigenvalue weighted by Gasteiger charge is 2.11. The number of halogens is 1. The lowest BCUT2D eigenvalue weighted by molar-refractivity contribution is 0.196. The van der Waals surface area contributed by atoms with E-state index >= 15 is 0 Å². The SMILES string of the molecule is CC(O)c1cc(F)ccc1Sc1cnccn1. The van der Waals surface area contributed by atoms with Crippen molar-refractivity contribution in [2.75, 3.05) is 0 Å². The van der Waals surface area contributed by atoms with Gasteiger partial charge in [-0.15, -0.1) is 0 Å². The summed E-state index contributed by atoms with van der Waals surface area (Å²) in [5.41, 5.74) is 0.556. The van der Waals surface area contributed by atoms with E-state index in [4.69, 9.17) is 0 Å². The van der Waals surface area contributed by atoms with E-state index in [-0.39, 0.29) is 5.82 Å². The third kappa shape index (κ3) is 3.01. The fourth-order valence-corrected chi connectivity index (χ4v) is 2.33. The highest BCUT2D eigenvalue weighted by atomic mass is 32.2. The van der Waals surface area contributed by atoms with Crippen molar-refractivity contribution in [3.63, 3.8) is 0 Å². The van der Waals surface area contributed by atoms with Crippen LogP contribution in [0.5, 0.6) is 0 Å². The quantitative estimate of drug-likeness (QED) is 0.909. The van der Waals surface area contributed by atoms with Crippen LogP contribution in [0.2, 0.25) is 0 Å². The van der Waals surface area contributed by atoms with E-state index in [0.717, 1.165) is 4.90 Å². The topological polar surface area (TPSA) is 46.0 Å². The van der Waals surface area contributed by atoms with Gasteiger partial charge in [-0.05, 0) is 30.7 Å². The van der Waals surface area contributed by atoms with E-state index in [1.807, 2.05) is 0 Å². The van der Waals surface area contributed by atoms with Gasteiger partial charge in [-0.25, -0.2) is 9.37 Å². The number of benzene rings is 1. The summed E-state index contributed by atoms with van der Waals surface area (Å²) in [4.78, 5) is 8.85. The second kappa shape index (κ2) is 5.25. The predicted octanol–water partition coefficient (Wildman–Crippen LogP) is 2.82. The Morgan fingerprint density at radius 2 is 2.18 bits per heavy atom. The van der Waals surface area contributed by atoms with E-state index in [1.54, 1.807) is 31.6 Å². The van der Waals surface area contributed by atoms with E-state index in [9.17, 15) is 9.50 Å². The van der Waals surface area contributed by atoms with Gasteiger partial charge in [0.2, 0.25) is 0 Å². The molecule has 0 aliphatic rings. The van der Waals surface area contributed by atoms with Crippen LogP contribution < -0.4 is 0 Å². The second-order valence-corrected chi connectivity index (χ2v) is 4.57. The molecule has 1 atom stereocenters. The van der Waals surface area contributed by atoms with Gasteiger partial charge in [0.25, 0.3) is 0 Å². The smallest absolute Gasteiger partial charge is 0.123 e. The first-order chi connectivity index (χ1) is 8.16. The molecule has 0 bridgehead atoms. The van der Waals surface area contributed by atoms with Crippen molar-refractivity contribution in [2.45, 2.75) is 22.9 Å². The van der Waals surface area contributed by atoms with Crippen LogP contribution in [0.1, 0.15) is 18.6 Å². The molecule has 3 nitrogen and oxygen atoms in total. The zero-order valence-corrected chi connectivity index (χ0v) is 9.99. The summed E-state index contributed by atoms with van der Waals surface area (Å²) in [6, 6.07) is 4.34. The summed E-state index contributed by atoms with van der Waals surface area (Å²) < 4.78 is 13.1. The molecular formula is C12H11FN2OS. The Kier molecular flexibility index (Phi) is 3.71. The molecule has 0 spiro atoms. The van der Waals surface area contributed by atoms with E-state index in [0.29, 0.717) is 10.6 Å². The number of hydrogen-bond donors (Lipinski definition) is 1. The van der Waals surface area contributed by atoms with Gasteiger partial charge in [0.15, 0.2) is 0 Å². The molecule has 0 saturated carbocycles. The normalized spacial score (nSPS) is 12.4. The fraction of sp³-hybridized carbons (Fsp3) is 0.167. The molecule has 1 unspecified atom stereocenters. The molecule has 0 aliphatic carbocycles. The predicted molar refractivity (Wildman–Crippen MR) is 63.2 cm³/mol. The average Bonchev–Trinajstić information content (AvgIpc) is 2.32. The molecule has 1 heterocycles. The average molecular weight is 250 g/mol. The van der Waals surface area contributed by atoms with Crippen molar-refractivity contribution in [3.8, 4) is 0 Å². The van der Waals surface area contributed by atoms with Crippen LogP contribution >= 0.6 is 11.8 Å². The van der Waals surface area contributed by atoms with Gasteiger partial charge in [-0.3, -0.25) is 4.98 Å². The monoisotopic (exact) mass is 250 g/mol. The van der Waals surface area contributed by atoms with Crippen molar-refractivity contribution >= 4 is 11.8 Å². The standard InChI is InChI=1S/C12H11FN2OS/c1-8(16)10-6-9(13)2-3-11(10)17-12-7-14-4-5-15-12/h2-8,16H,1H3. The minimum Gasteiger partial charge on any atom is -0.389 e. The first kappa shape index (κ1) is 12.0. The molecule has 0 amide bonds. The maximum atomic E-state index is 13.1. The van der Waals surface area contributed by atoms with Gasteiger partial charge in [-0.1, -0.05) is 11.8 Å². The minimum absolute atomic E-state index is 0.357. The van der Waals surface area contributed by atoms with Crippen molar-refractivity contribution < 1.29 is 9.50 Å². The number of nitrogens with zero attached hydrogens (tertiary/aromatic N) is 2. The molecule has 1 aromatic carbocycles.